The Labute approximate surface area is 133 Å². The minimum absolute atomic E-state index is 0.0147. The summed E-state index contributed by atoms with van der Waals surface area (Å²) in [5.74, 6) is -0.0383. The fraction of sp³-hybridized carbons (Fsp3) is 0.333. The molecule has 7 heteroatoms. The summed E-state index contributed by atoms with van der Waals surface area (Å²) in [4.78, 5) is 24.8. The summed E-state index contributed by atoms with van der Waals surface area (Å²) in [6.45, 7) is 1.98. The highest BCUT2D eigenvalue weighted by Gasteiger charge is 2.34. The maximum atomic E-state index is 12.0. The molecule has 102 valence electrons. The lowest BCUT2D eigenvalue weighted by Crippen LogP contribution is -2.25. The molecule has 1 aromatic rings. The van der Waals surface area contributed by atoms with Crippen molar-refractivity contribution in [2.75, 3.05) is 11.4 Å². The molecule has 1 aliphatic rings. The standard InChI is InChI=1S/C12H10BrCl2NO2S/c1-6(17)19-8-4-11(18)16(5-8)12-9(13)2-7(14)3-10(12)15/h2-3,8H,4-5H2,1H3. The van der Waals surface area contributed by atoms with Crippen LogP contribution in [0.25, 0.3) is 0 Å². The molecule has 1 aromatic carbocycles. The first-order valence-corrected chi connectivity index (χ1v) is 7.93. The van der Waals surface area contributed by atoms with E-state index in [2.05, 4.69) is 15.9 Å². The number of carbonyl (C=O) groups is 2. The highest BCUT2D eigenvalue weighted by atomic mass is 79.9. The third-order valence-electron chi connectivity index (χ3n) is 2.67. The van der Waals surface area contributed by atoms with Crippen LogP contribution in [0.3, 0.4) is 0 Å². The van der Waals surface area contributed by atoms with E-state index in [-0.39, 0.29) is 16.3 Å². The van der Waals surface area contributed by atoms with Gasteiger partial charge in [-0.1, -0.05) is 35.0 Å². The fourth-order valence-corrected chi connectivity index (χ4v) is 4.43. The van der Waals surface area contributed by atoms with E-state index in [4.69, 9.17) is 23.2 Å². The van der Waals surface area contributed by atoms with E-state index in [1.165, 1.54) is 18.7 Å². The summed E-state index contributed by atoms with van der Waals surface area (Å²) >= 11 is 16.6. The normalized spacial score (nSPS) is 19.1. The molecule has 0 saturated carbocycles. The van der Waals surface area contributed by atoms with Crippen LogP contribution in [0, 0.1) is 0 Å². The van der Waals surface area contributed by atoms with E-state index in [9.17, 15) is 9.59 Å². The molecule has 0 aromatic heterocycles. The average Bonchev–Trinajstić information content (AvgIpc) is 2.57. The fourth-order valence-electron chi connectivity index (χ4n) is 2.00. The van der Waals surface area contributed by atoms with Crippen molar-refractivity contribution in [1.82, 2.24) is 0 Å². The van der Waals surface area contributed by atoms with Crippen molar-refractivity contribution in [3.05, 3.63) is 26.7 Å². The molecule has 1 aliphatic heterocycles. The van der Waals surface area contributed by atoms with E-state index in [0.29, 0.717) is 33.2 Å². The Morgan fingerprint density at radius 3 is 2.74 bits per heavy atom. The zero-order valence-electron chi connectivity index (χ0n) is 9.95. The van der Waals surface area contributed by atoms with Gasteiger partial charge in [-0.2, -0.15) is 0 Å². The molecule has 2 rings (SSSR count). The molecule has 0 aliphatic carbocycles. The lowest BCUT2D eigenvalue weighted by atomic mass is 10.3. The van der Waals surface area contributed by atoms with Gasteiger partial charge in [-0.05, 0) is 28.1 Å². The van der Waals surface area contributed by atoms with Gasteiger partial charge in [-0.15, -0.1) is 0 Å². The monoisotopic (exact) mass is 381 g/mol. The molecule has 1 saturated heterocycles. The average molecular weight is 383 g/mol. The summed E-state index contributed by atoms with van der Waals surface area (Å²) < 4.78 is 0.673. The molecule has 0 N–H and O–H groups in total. The van der Waals surface area contributed by atoms with Crippen LogP contribution in [0.15, 0.2) is 16.6 Å². The highest BCUT2D eigenvalue weighted by Crippen LogP contribution is 2.40. The van der Waals surface area contributed by atoms with E-state index in [1.54, 1.807) is 17.0 Å². The molecule has 1 unspecified atom stereocenters. The Morgan fingerprint density at radius 2 is 2.16 bits per heavy atom. The van der Waals surface area contributed by atoms with Gasteiger partial charge in [0.2, 0.25) is 5.91 Å². The van der Waals surface area contributed by atoms with Crippen LogP contribution in [0.2, 0.25) is 10.0 Å². The number of anilines is 1. The Kier molecular flexibility index (Phi) is 4.82. The first kappa shape index (κ1) is 15.2. The van der Waals surface area contributed by atoms with Crippen molar-refractivity contribution in [2.24, 2.45) is 0 Å². The van der Waals surface area contributed by atoms with Gasteiger partial charge in [-0.3, -0.25) is 9.59 Å². The van der Waals surface area contributed by atoms with Crippen LogP contribution in [0.5, 0.6) is 0 Å². The number of nitrogens with zero attached hydrogens (tertiary/aromatic N) is 1. The van der Waals surface area contributed by atoms with E-state index in [0.717, 1.165) is 0 Å². The SMILES string of the molecule is CC(=O)SC1CC(=O)N(c2c(Cl)cc(Cl)cc2Br)C1. The summed E-state index contributed by atoms with van der Waals surface area (Å²) in [5.41, 5.74) is 0.614. The number of benzene rings is 1. The third kappa shape index (κ3) is 3.45. The molecule has 1 heterocycles. The first-order chi connectivity index (χ1) is 8.88. The number of amides is 1. The summed E-state index contributed by atoms with van der Waals surface area (Å²) in [7, 11) is 0. The number of carbonyl (C=O) groups excluding carboxylic acids is 2. The van der Waals surface area contributed by atoms with Crippen LogP contribution in [0.4, 0.5) is 5.69 Å². The van der Waals surface area contributed by atoms with Gasteiger partial charge in [0.25, 0.3) is 0 Å². The van der Waals surface area contributed by atoms with Crippen LogP contribution in [-0.2, 0) is 9.59 Å². The van der Waals surface area contributed by atoms with Crippen molar-refractivity contribution in [2.45, 2.75) is 18.6 Å². The number of thioether (sulfide) groups is 1. The molecular formula is C12H10BrCl2NO2S. The van der Waals surface area contributed by atoms with Crippen molar-refractivity contribution >= 4 is 67.6 Å². The van der Waals surface area contributed by atoms with Gasteiger partial charge >= 0.3 is 0 Å². The number of rotatable bonds is 2. The summed E-state index contributed by atoms with van der Waals surface area (Å²) in [6, 6.07) is 3.30. The zero-order chi connectivity index (χ0) is 14.2. The quantitative estimate of drug-likeness (QED) is 0.771. The smallest absolute Gasteiger partial charge is 0.228 e. The number of halogens is 3. The van der Waals surface area contributed by atoms with Gasteiger partial charge in [0, 0.05) is 34.6 Å². The van der Waals surface area contributed by atoms with Crippen molar-refractivity contribution in [3.8, 4) is 0 Å². The van der Waals surface area contributed by atoms with Crippen LogP contribution < -0.4 is 4.90 Å². The second kappa shape index (κ2) is 6.04. The minimum Gasteiger partial charge on any atom is -0.309 e. The lowest BCUT2D eigenvalue weighted by molar-refractivity contribution is -0.117. The second-order valence-corrected chi connectivity index (χ2v) is 7.33. The van der Waals surface area contributed by atoms with Gasteiger partial charge in [-0.25, -0.2) is 0 Å². The molecule has 1 fully saturated rings. The molecule has 0 spiro atoms. The van der Waals surface area contributed by atoms with Crippen molar-refractivity contribution in [3.63, 3.8) is 0 Å². The molecule has 0 radical (unpaired) electrons. The van der Waals surface area contributed by atoms with Crippen LogP contribution in [0.1, 0.15) is 13.3 Å². The first-order valence-electron chi connectivity index (χ1n) is 5.50. The van der Waals surface area contributed by atoms with Gasteiger partial charge in [0.1, 0.15) is 0 Å². The maximum absolute atomic E-state index is 12.0. The van der Waals surface area contributed by atoms with Gasteiger partial charge in [0.05, 0.1) is 10.7 Å². The molecule has 1 amide bonds. The largest absolute Gasteiger partial charge is 0.309 e. The molecule has 3 nitrogen and oxygen atoms in total. The number of hydrogen-bond donors (Lipinski definition) is 0. The Morgan fingerprint density at radius 1 is 1.47 bits per heavy atom. The highest BCUT2D eigenvalue weighted by molar-refractivity contribution is 9.10. The maximum Gasteiger partial charge on any atom is 0.228 e. The van der Waals surface area contributed by atoms with Crippen LogP contribution >= 0.6 is 50.9 Å². The topological polar surface area (TPSA) is 37.4 Å². The summed E-state index contributed by atoms with van der Waals surface area (Å²) in [6.07, 6.45) is 0.343. The Hall–Kier alpha value is -0.230. The lowest BCUT2D eigenvalue weighted by Gasteiger charge is -2.19. The van der Waals surface area contributed by atoms with Crippen LogP contribution in [-0.4, -0.2) is 22.8 Å². The van der Waals surface area contributed by atoms with Crippen molar-refractivity contribution in [1.29, 1.82) is 0 Å². The molecule has 19 heavy (non-hydrogen) atoms. The van der Waals surface area contributed by atoms with Crippen molar-refractivity contribution < 1.29 is 9.59 Å². The van der Waals surface area contributed by atoms with E-state index in [1.807, 2.05) is 0 Å². The Bertz CT molecular complexity index is 530. The predicted molar refractivity (Wildman–Crippen MR) is 83.2 cm³/mol. The number of hydrogen-bond acceptors (Lipinski definition) is 3. The minimum atomic E-state index is -0.0383. The summed E-state index contributed by atoms with van der Waals surface area (Å²) in [5, 5.41) is 0.910. The van der Waals surface area contributed by atoms with Gasteiger partial charge < -0.3 is 4.90 Å². The third-order valence-corrected chi connectivity index (χ3v) is 4.77. The van der Waals surface area contributed by atoms with Gasteiger partial charge in [0.15, 0.2) is 5.12 Å². The van der Waals surface area contributed by atoms with E-state index < -0.39 is 0 Å². The zero-order valence-corrected chi connectivity index (χ0v) is 13.9. The molecule has 0 bridgehead atoms. The second-order valence-electron chi connectivity index (χ2n) is 4.16. The predicted octanol–water partition coefficient (Wildman–Crippen LogP) is 4.14. The molecule has 1 atom stereocenters. The Balaban J connectivity index is 2.28. The molecular weight excluding hydrogens is 373 g/mol. The van der Waals surface area contributed by atoms with E-state index >= 15 is 0 Å².